The van der Waals surface area contributed by atoms with E-state index in [-0.39, 0.29) is 12.5 Å². The number of unbranched alkanes of at least 4 members (excludes halogenated alkanes) is 29. The van der Waals surface area contributed by atoms with Crippen molar-refractivity contribution in [2.24, 2.45) is 0 Å². The summed E-state index contributed by atoms with van der Waals surface area (Å²) >= 11 is 0. The molecule has 346 valence electrons. The summed E-state index contributed by atoms with van der Waals surface area (Å²) in [4.78, 5) is 13.0. The highest BCUT2D eigenvalue weighted by Gasteiger charge is 2.48. The van der Waals surface area contributed by atoms with E-state index in [0.717, 1.165) is 51.4 Å². The third kappa shape index (κ3) is 29.4. The van der Waals surface area contributed by atoms with Crippen molar-refractivity contribution in [2.75, 3.05) is 13.2 Å². The predicted octanol–water partition coefficient (Wildman–Crippen LogP) is 9.39. The van der Waals surface area contributed by atoms with E-state index < -0.39 is 59.9 Å². The molecule has 1 amide bonds. The molecule has 0 aliphatic carbocycles. The number of amides is 1. The van der Waals surface area contributed by atoms with Crippen LogP contribution in [0.3, 0.4) is 0 Å². The van der Waals surface area contributed by atoms with Gasteiger partial charge in [-0.3, -0.25) is 9.35 Å². The van der Waals surface area contributed by atoms with Gasteiger partial charge in [0, 0.05) is 6.42 Å². The number of rotatable bonds is 41. The molecule has 0 aromatic carbocycles. The second kappa shape index (κ2) is 36.7. The normalized spacial score (nSPS) is 21.0. The lowest BCUT2D eigenvalue weighted by Crippen LogP contribution is -2.61. The molecule has 1 aliphatic heterocycles. The summed E-state index contributed by atoms with van der Waals surface area (Å²) in [6.45, 7) is 3.45. The van der Waals surface area contributed by atoms with Gasteiger partial charge in [0.2, 0.25) is 5.91 Å². The summed E-state index contributed by atoms with van der Waals surface area (Å²) in [5, 5.41) is 44.8. The maximum absolute atomic E-state index is 13.0. The highest BCUT2D eigenvalue weighted by Crippen LogP contribution is 2.26. The summed E-state index contributed by atoms with van der Waals surface area (Å²) in [6, 6.07) is -0.850. The molecule has 0 radical (unpaired) electrons. The molecule has 0 aromatic rings. The number of carbonyl (C=O) groups is 1. The molecule has 0 saturated carbocycles. The van der Waals surface area contributed by atoms with Crippen LogP contribution in [-0.2, 0) is 28.9 Å². The molecule has 1 rings (SSSR count). The van der Waals surface area contributed by atoms with E-state index in [2.05, 4.69) is 23.3 Å². The predicted molar refractivity (Wildman–Crippen MR) is 232 cm³/mol. The third-order valence-electron chi connectivity index (χ3n) is 11.7. The van der Waals surface area contributed by atoms with E-state index in [0.29, 0.717) is 12.8 Å². The Balaban J connectivity index is 2.43. The fraction of sp³-hybridized carbons (Fsp3) is 0.978. The summed E-state index contributed by atoms with van der Waals surface area (Å²) in [7, 11) is -5.07. The van der Waals surface area contributed by atoms with Gasteiger partial charge in [-0.1, -0.05) is 206 Å². The van der Waals surface area contributed by atoms with Gasteiger partial charge < -0.3 is 35.2 Å². The number of aliphatic hydroxyl groups is 4. The monoisotopic (exact) mass is 852 g/mol. The van der Waals surface area contributed by atoms with Crippen molar-refractivity contribution in [1.29, 1.82) is 0 Å². The Kier molecular flexibility index (Phi) is 34.9. The van der Waals surface area contributed by atoms with Gasteiger partial charge in [0.05, 0.1) is 25.4 Å². The molecular weight excluding hydrogens is 763 g/mol. The van der Waals surface area contributed by atoms with Crippen molar-refractivity contribution >= 4 is 16.3 Å². The van der Waals surface area contributed by atoms with Crippen LogP contribution in [0.4, 0.5) is 0 Å². The Morgan fingerprint density at radius 3 is 1.38 bits per heavy atom. The highest BCUT2D eigenvalue weighted by molar-refractivity contribution is 7.80. The molecule has 0 bridgehead atoms. The van der Waals surface area contributed by atoms with Crippen LogP contribution in [-0.4, -0.2) is 95.4 Å². The first-order valence-electron chi connectivity index (χ1n) is 23.9. The molecule has 1 heterocycles. The Morgan fingerprint density at radius 2 is 1.00 bits per heavy atom. The Labute approximate surface area is 354 Å². The summed E-state index contributed by atoms with van der Waals surface area (Å²) in [5.74, 6) is -0.226. The summed E-state index contributed by atoms with van der Waals surface area (Å²) < 4.78 is 47.6. The van der Waals surface area contributed by atoms with Crippen LogP contribution in [0, 0.1) is 0 Å². The third-order valence-corrected chi connectivity index (χ3v) is 12.1. The first-order chi connectivity index (χ1) is 28.0. The van der Waals surface area contributed by atoms with Crippen molar-refractivity contribution in [3.8, 4) is 0 Å². The quantitative estimate of drug-likeness (QED) is 0.0254. The van der Waals surface area contributed by atoms with E-state index in [1.807, 2.05) is 0 Å². The van der Waals surface area contributed by atoms with Crippen LogP contribution >= 0.6 is 0 Å². The van der Waals surface area contributed by atoms with Gasteiger partial charge in [0.15, 0.2) is 6.29 Å². The Bertz CT molecular complexity index is 1050. The van der Waals surface area contributed by atoms with E-state index in [4.69, 9.17) is 9.47 Å². The molecule has 7 unspecified atom stereocenters. The smallest absolute Gasteiger partial charge is 0.394 e. The minimum Gasteiger partial charge on any atom is -0.394 e. The molecule has 1 saturated heterocycles. The molecule has 7 atom stereocenters. The maximum atomic E-state index is 13.0. The Hall–Kier alpha value is -0.900. The fourth-order valence-corrected chi connectivity index (χ4v) is 8.44. The number of aliphatic hydroxyl groups excluding tert-OH is 4. The van der Waals surface area contributed by atoms with Gasteiger partial charge in [-0.15, -0.1) is 0 Å². The lowest BCUT2D eigenvalue weighted by molar-refractivity contribution is -0.298. The maximum Gasteiger partial charge on any atom is 0.397 e. The summed E-state index contributed by atoms with van der Waals surface area (Å²) in [5.41, 5.74) is 0. The standard InChI is InChI=1S/C45H89NO11S/c1-3-5-7-9-11-13-15-17-18-19-20-21-22-23-25-27-29-31-33-35-41(49)46-38(39(48)34-32-30-28-26-24-16-14-12-10-8-6-4-2)37-55-45-43(51)44(57-58(52,53)54)42(50)40(36-47)56-45/h38-40,42-45,47-48,50-51H,3-37H2,1-2H3,(H,46,49)(H,52,53,54). The van der Waals surface area contributed by atoms with Crippen molar-refractivity contribution in [1.82, 2.24) is 5.32 Å². The van der Waals surface area contributed by atoms with Gasteiger partial charge in [0.1, 0.15) is 24.4 Å². The van der Waals surface area contributed by atoms with E-state index in [1.165, 1.54) is 148 Å². The molecule has 1 aliphatic rings. The highest BCUT2D eigenvalue weighted by atomic mass is 32.3. The molecule has 0 spiro atoms. The fourth-order valence-electron chi connectivity index (χ4n) is 7.93. The molecule has 13 heteroatoms. The number of carbonyl (C=O) groups excluding carboxylic acids is 1. The van der Waals surface area contributed by atoms with Crippen molar-refractivity contribution < 1.29 is 51.8 Å². The number of hydrogen-bond donors (Lipinski definition) is 6. The largest absolute Gasteiger partial charge is 0.397 e. The first-order valence-corrected chi connectivity index (χ1v) is 25.3. The van der Waals surface area contributed by atoms with Crippen LogP contribution in [0.15, 0.2) is 0 Å². The van der Waals surface area contributed by atoms with Crippen LogP contribution in [0.25, 0.3) is 0 Å². The second-order valence-corrected chi connectivity index (χ2v) is 18.1. The first kappa shape index (κ1) is 55.1. The lowest BCUT2D eigenvalue weighted by atomic mass is 9.99. The topological polar surface area (TPSA) is 192 Å². The van der Waals surface area contributed by atoms with Gasteiger partial charge >= 0.3 is 10.4 Å². The van der Waals surface area contributed by atoms with Crippen LogP contribution < -0.4 is 5.32 Å². The van der Waals surface area contributed by atoms with Gasteiger partial charge in [0.25, 0.3) is 0 Å². The van der Waals surface area contributed by atoms with Gasteiger partial charge in [-0.2, -0.15) is 8.42 Å². The van der Waals surface area contributed by atoms with E-state index >= 15 is 0 Å². The van der Waals surface area contributed by atoms with E-state index in [1.54, 1.807) is 0 Å². The number of ether oxygens (including phenoxy) is 2. The van der Waals surface area contributed by atoms with Crippen LogP contribution in [0.5, 0.6) is 0 Å². The zero-order valence-electron chi connectivity index (χ0n) is 36.9. The molecule has 6 N–H and O–H groups in total. The second-order valence-electron chi connectivity index (χ2n) is 17.1. The SMILES string of the molecule is CCCCCCCCCCCCCCCCCCCCCC(=O)NC(COC1OC(CO)C(O)C(OS(=O)(=O)O)C1O)C(O)CCCCCCCCCCCCCC. The van der Waals surface area contributed by atoms with E-state index in [9.17, 15) is 38.2 Å². The van der Waals surface area contributed by atoms with Gasteiger partial charge in [-0.05, 0) is 12.8 Å². The minimum atomic E-state index is -5.07. The Morgan fingerprint density at radius 1 is 0.621 bits per heavy atom. The van der Waals surface area contributed by atoms with Crippen molar-refractivity contribution in [3.05, 3.63) is 0 Å². The summed E-state index contributed by atoms with van der Waals surface area (Å²) in [6.07, 6.45) is 29.6. The zero-order valence-corrected chi connectivity index (χ0v) is 37.7. The molecular formula is C45H89NO11S. The number of hydrogen-bond acceptors (Lipinski definition) is 10. The van der Waals surface area contributed by atoms with Gasteiger partial charge in [-0.25, -0.2) is 4.18 Å². The average Bonchev–Trinajstić information content (AvgIpc) is 3.19. The molecule has 0 aromatic heterocycles. The van der Waals surface area contributed by atoms with Crippen LogP contribution in [0.1, 0.15) is 226 Å². The zero-order chi connectivity index (χ0) is 42.7. The molecule has 58 heavy (non-hydrogen) atoms. The lowest BCUT2D eigenvalue weighted by Gasteiger charge is -2.41. The van der Waals surface area contributed by atoms with Crippen molar-refractivity contribution in [2.45, 2.75) is 269 Å². The van der Waals surface area contributed by atoms with Crippen LogP contribution in [0.2, 0.25) is 0 Å². The molecule has 12 nitrogen and oxygen atoms in total. The average molecular weight is 852 g/mol. The number of nitrogens with one attached hydrogen (secondary N) is 1. The minimum absolute atomic E-state index is 0.226. The van der Waals surface area contributed by atoms with Crippen molar-refractivity contribution in [3.63, 3.8) is 0 Å². The molecule has 1 fully saturated rings.